The van der Waals surface area contributed by atoms with E-state index < -0.39 is 97.9 Å². The Morgan fingerprint density at radius 2 is 1.12 bits per heavy atom. The molecule has 0 radical (unpaired) electrons. The summed E-state index contributed by atoms with van der Waals surface area (Å²) < 4.78 is 0. The zero-order chi connectivity index (χ0) is 25.7. The monoisotopic (exact) mass is 476 g/mol. The van der Waals surface area contributed by atoms with Gasteiger partial charge in [-0.2, -0.15) is 0 Å². The van der Waals surface area contributed by atoms with Crippen LogP contribution in [0.4, 0.5) is 0 Å². The molecule has 0 saturated carbocycles. The van der Waals surface area contributed by atoms with Crippen molar-refractivity contribution in [2.45, 2.75) is 37.4 Å². The van der Waals surface area contributed by atoms with Crippen molar-refractivity contribution in [2.75, 3.05) is 13.1 Å². The fourth-order valence-corrected chi connectivity index (χ4v) is 2.15. The summed E-state index contributed by atoms with van der Waals surface area (Å²) >= 11 is 0. The molecule has 0 aromatic carbocycles. The zero-order valence-electron chi connectivity index (χ0n) is 17.0. The number of carbonyl (C=O) groups excluding carboxylic acids is 5. The minimum Gasteiger partial charge on any atom is -0.481 e. The Labute approximate surface area is 185 Å². The van der Waals surface area contributed by atoms with Crippen LogP contribution in [0.25, 0.3) is 0 Å². The van der Waals surface area contributed by atoms with E-state index in [9.17, 15) is 38.4 Å². The van der Waals surface area contributed by atoms with Gasteiger partial charge >= 0.3 is 17.9 Å². The maximum Gasteiger partial charge on any atom is 0.326 e. The summed E-state index contributed by atoms with van der Waals surface area (Å²) in [5.74, 6) is -9.56. The normalized spacial score (nSPS) is 12.9. The van der Waals surface area contributed by atoms with Gasteiger partial charge in [0.15, 0.2) is 0 Å². The summed E-state index contributed by atoms with van der Waals surface area (Å²) in [5, 5.41) is 34.0. The van der Waals surface area contributed by atoms with Crippen LogP contribution in [0, 0.1) is 0 Å². The van der Waals surface area contributed by atoms with Gasteiger partial charge in [0, 0.05) is 0 Å². The number of hydrogen-bond donors (Lipinski definition) is 9. The Balaban J connectivity index is 4.83. The molecule has 0 aromatic rings. The van der Waals surface area contributed by atoms with E-state index in [4.69, 9.17) is 26.8 Å². The van der Waals surface area contributed by atoms with Gasteiger partial charge in [-0.3, -0.25) is 33.6 Å². The van der Waals surface area contributed by atoms with Gasteiger partial charge < -0.3 is 48.1 Å². The Morgan fingerprint density at radius 1 is 0.667 bits per heavy atom. The lowest BCUT2D eigenvalue weighted by molar-refractivity contribution is -0.147. The van der Waals surface area contributed by atoms with Crippen LogP contribution in [0.5, 0.6) is 0 Å². The van der Waals surface area contributed by atoms with Crippen LogP contribution in [0.1, 0.15) is 19.3 Å². The molecule has 184 valence electrons. The number of hydrogen-bond acceptors (Lipinski definition) is 9. The second-order valence-corrected chi connectivity index (χ2v) is 6.49. The van der Waals surface area contributed by atoms with E-state index in [1.165, 1.54) is 0 Å². The smallest absolute Gasteiger partial charge is 0.326 e. The summed E-state index contributed by atoms with van der Waals surface area (Å²) in [4.78, 5) is 90.7. The molecule has 0 bridgehead atoms. The van der Waals surface area contributed by atoms with E-state index in [0.29, 0.717) is 0 Å². The number of carboxylic acids is 3. The van der Waals surface area contributed by atoms with Crippen LogP contribution in [-0.4, -0.2) is 94.0 Å². The highest BCUT2D eigenvalue weighted by molar-refractivity contribution is 5.95. The molecule has 0 rings (SSSR count). The molecule has 0 aromatic heterocycles. The minimum atomic E-state index is -1.76. The van der Waals surface area contributed by atoms with Crippen LogP contribution in [0.15, 0.2) is 0 Å². The van der Waals surface area contributed by atoms with E-state index in [1.807, 2.05) is 16.0 Å². The van der Waals surface area contributed by atoms with Crippen LogP contribution >= 0.6 is 0 Å². The lowest BCUT2D eigenvalue weighted by atomic mass is 10.1. The number of nitrogens with one attached hydrogen (secondary N) is 4. The van der Waals surface area contributed by atoms with Crippen LogP contribution in [0.2, 0.25) is 0 Å². The van der Waals surface area contributed by atoms with Gasteiger partial charge in [0.2, 0.25) is 29.5 Å². The lowest BCUT2D eigenvalue weighted by Gasteiger charge is -2.18. The van der Waals surface area contributed by atoms with Gasteiger partial charge in [0.1, 0.15) is 12.1 Å². The molecule has 33 heavy (non-hydrogen) atoms. The first-order valence-corrected chi connectivity index (χ1v) is 9.07. The SMILES string of the molecule is NC(=O)C[C@H](NC(=O)CNC(=O)[C@@H](N)CC(=O)O)C(=O)NCC(=O)N[C@@H](CC(=O)O)C(=O)O. The number of amides is 5. The van der Waals surface area contributed by atoms with E-state index in [1.54, 1.807) is 0 Å². The third-order valence-corrected chi connectivity index (χ3v) is 3.65. The van der Waals surface area contributed by atoms with E-state index >= 15 is 0 Å². The Morgan fingerprint density at radius 3 is 1.55 bits per heavy atom. The first-order chi connectivity index (χ1) is 15.2. The number of primary amides is 1. The summed E-state index contributed by atoms with van der Waals surface area (Å²) in [5.41, 5.74) is 10.3. The highest BCUT2D eigenvalue weighted by atomic mass is 16.4. The molecule has 0 aliphatic heterocycles. The number of aliphatic carboxylic acids is 3. The molecule has 11 N–H and O–H groups in total. The molecule has 17 heteroatoms. The van der Waals surface area contributed by atoms with Gasteiger partial charge in [0.05, 0.1) is 38.4 Å². The number of rotatable bonds is 15. The highest BCUT2D eigenvalue weighted by Crippen LogP contribution is 1.95. The average Bonchev–Trinajstić information content (AvgIpc) is 2.67. The molecular formula is C16H24N6O11. The molecule has 17 nitrogen and oxygen atoms in total. The molecular weight excluding hydrogens is 452 g/mol. The average molecular weight is 476 g/mol. The summed E-state index contributed by atoms with van der Waals surface area (Å²) in [6.45, 7) is -1.56. The molecule has 3 atom stereocenters. The fourth-order valence-electron chi connectivity index (χ4n) is 2.15. The zero-order valence-corrected chi connectivity index (χ0v) is 17.0. The van der Waals surface area contributed by atoms with E-state index in [0.717, 1.165) is 0 Å². The Bertz CT molecular complexity index is 815. The van der Waals surface area contributed by atoms with Gasteiger partial charge in [-0.15, -0.1) is 0 Å². The maximum atomic E-state index is 12.2. The van der Waals surface area contributed by atoms with Crippen molar-refractivity contribution in [1.82, 2.24) is 21.3 Å². The van der Waals surface area contributed by atoms with Crippen molar-refractivity contribution >= 4 is 47.4 Å². The van der Waals surface area contributed by atoms with Gasteiger partial charge in [-0.1, -0.05) is 0 Å². The predicted octanol–water partition coefficient (Wildman–Crippen LogP) is -5.57. The van der Waals surface area contributed by atoms with Gasteiger partial charge in [-0.25, -0.2) is 4.79 Å². The number of carboxylic acid groups (broad SMARTS) is 3. The summed E-state index contributed by atoms with van der Waals surface area (Å²) in [6.07, 6.45) is -2.32. The molecule has 0 heterocycles. The van der Waals surface area contributed by atoms with Crippen molar-refractivity contribution in [3.8, 4) is 0 Å². The quantitative estimate of drug-likeness (QED) is 0.107. The van der Waals surface area contributed by atoms with Crippen LogP contribution in [0.3, 0.4) is 0 Å². The number of carbonyl (C=O) groups is 8. The first-order valence-electron chi connectivity index (χ1n) is 9.07. The molecule has 0 aliphatic rings. The van der Waals surface area contributed by atoms with Crippen LogP contribution < -0.4 is 32.7 Å². The Hall–Kier alpha value is -4.28. The third kappa shape index (κ3) is 12.9. The second-order valence-electron chi connectivity index (χ2n) is 6.49. The fraction of sp³-hybridized carbons (Fsp3) is 0.500. The molecule has 0 aliphatic carbocycles. The molecule has 0 spiro atoms. The minimum absolute atomic E-state index is 0.697. The second kappa shape index (κ2) is 13.9. The van der Waals surface area contributed by atoms with Crippen molar-refractivity contribution < 1.29 is 53.7 Å². The van der Waals surface area contributed by atoms with Crippen molar-refractivity contribution in [3.05, 3.63) is 0 Å². The Kier molecular flexibility index (Phi) is 12.1. The lowest BCUT2D eigenvalue weighted by Crippen LogP contribution is -2.54. The first kappa shape index (κ1) is 28.7. The standard InChI is InChI=1S/C16H24N6O11/c17-6(1-12(26)27)14(30)19-4-10(24)21-7(2-9(18)23)15(31)20-5-11(25)22-8(16(32)33)3-13(28)29/h6-8H,1-5,17H2,(H2,18,23)(H,19,30)(H,20,31)(H,21,24)(H,22,25)(H,26,27)(H,28,29)(H,32,33)/t6-,7-,8-/m0/s1. The highest BCUT2D eigenvalue weighted by Gasteiger charge is 2.26. The predicted molar refractivity (Wildman–Crippen MR) is 104 cm³/mol. The number of nitrogens with two attached hydrogens (primary N) is 2. The van der Waals surface area contributed by atoms with Crippen LogP contribution in [-0.2, 0) is 38.4 Å². The van der Waals surface area contributed by atoms with Crippen molar-refractivity contribution in [1.29, 1.82) is 0 Å². The van der Waals surface area contributed by atoms with Crippen molar-refractivity contribution in [2.24, 2.45) is 11.5 Å². The molecule has 0 fully saturated rings. The third-order valence-electron chi connectivity index (χ3n) is 3.65. The van der Waals surface area contributed by atoms with Gasteiger partial charge in [-0.05, 0) is 0 Å². The topological polar surface area (TPSA) is 297 Å². The summed E-state index contributed by atoms with van der Waals surface area (Å²) in [6, 6.07) is -4.78. The molecule has 5 amide bonds. The molecule has 0 saturated heterocycles. The largest absolute Gasteiger partial charge is 0.481 e. The summed E-state index contributed by atoms with van der Waals surface area (Å²) in [7, 11) is 0. The van der Waals surface area contributed by atoms with E-state index in [2.05, 4.69) is 5.32 Å². The maximum absolute atomic E-state index is 12.2. The molecule has 0 unspecified atom stereocenters. The van der Waals surface area contributed by atoms with Crippen molar-refractivity contribution in [3.63, 3.8) is 0 Å². The van der Waals surface area contributed by atoms with Gasteiger partial charge in [0.25, 0.3) is 0 Å². The van der Waals surface area contributed by atoms with E-state index in [-0.39, 0.29) is 0 Å².